The summed E-state index contributed by atoms with van der Waals surface area (Å²) in [4.78, 5) is 0. The molecule has 4 heteroatoms. The monoisotopic (exact) mass is 131 g/mol. The van der Waals surface area contributed by atoms with Crippen molar-refractivity contribution in [1.82, 2.24) is 10.4 Å². The molecule has 0 spiro atoms. The first-order valence-electron chi connectivity index (χ1n) is 3.03. The van der Waals surface area contributed by atoms with Crippen molar-refractivity contribution in [1.29, 1.82) is 0 Å². The first-order chi connectivity index (χ1) is 4.30. The van der Waals surface area contributed by atoms with Gasteiger partial charge in [-0.05, 0) is 7.05 Å². The van der Waals surface area contributed by atoms with Crippen molar-refractivity contribution < 1.29 is 4.74 Å². The predicted molar refractivity (Wildman–Crippen MR) is 33.7 cm³/mol. The van der Waals surface area contributed by atoms with E-state index in [0.29, 0.717) is 13.2 Å². The summed E-state index contributed by atoms with van der Waals surface area (Å²) in [6.07, 6.45) is -0.279. The Morgan fingerprint density at radius 3 is 2.89 bits per heavy atom. The van der Waals surface area contributed by atoms with E-state index < -0.39 is 0 Å². The Labute approximate surface area is 54.4 Å². The van der Waals surface area contributed by atoms with Gasteiger partial charge in [0, 0.05) is 13.1 Å². The Morgan fingerprint density at radius 1 is 1.78 bits per heavy atom. The van der Waals surface area contributed by atoms with Gasteiger partial charge in [0.2, 0.25) is 0 Å². The van der Waals surface area contributed by atoms with Crippen molar-refractivity contribution in [2.75, 3.05) is 26.7 Å². The zero-order valence-electron chi connectivity index (χ0n) is 5.46. The van der Waals surface area contributed by atoms with E-state index in [9.17, 15) is 5.21 Å². The van der Waals surface area contributed by atoms with Gasteiger partial charge in [-0.2, -0.15) is 0 Å². The van der Waals surface area contributed by atoms with Crippen molar-refractivity contribution in [2.24, 2.45) is 0 Å². The minimum Gasteiger partial charge on any atom is -0.783 e. The molecule has 1 aliphatic heterocycles. The summed E-state index contributed by atoms with van der Waals surface area (Å²) >= 11 is 0. The van der Waals surface area contributed by atoms with Crippen LogP contribution in [0.25, 0.3) is 0 Å². The summed E-state index contributed by atoms with van der Waals surface area (Å²) in [5.74, 6) is 0. The van der Waals surface area contributed by atoms with E-state index in [2.05, 4.69) is 5.32 Å². The average molecular weight is 131 g/mol. The number of nitrogens with one attached hydrogen (secondary N) is 1. The van der Waals surface area contributed by atoms with Crippen molar-refractivity contribution in [3.8, 4) is 0 Å². The molecule has 0 aromatic carbocycles. The molecule has 0 bridgehead atoms. The summed E-state index contributed by atoms with van der Waals surface area (Å²) in [6.45, 7) is 2.13. The van der Waals surface area contributed by atoms with Crippen LogP contribution in [0.3, 0.4) is 0 Å². The number of hydroxylamine groups is 2. The highest BCUT2D eigenvalue weighted by Crippen LogP contribution is 1.97. The SMILES string of the molecule is CN([O-])C1CNCCO1. The minimum absolute atomic E-state index is 0.279. The standard InChI is InChI=1S/C5H11N2O2/c1-7(8)5-4-6-2-3-9-5/h5-6H,2-4H2,1H3/q-1. The van der Waals surface area contributed by atoms with E-state index >= 15 is 0 Å². The van der Waals surface area contributed by atoms with Crippen LogP contribution >= 0.6 is 0 Å². The van der Waals surface area contributed by atoms with Crippen LogP contribution in [0.5, 0.6) is 0 Å². The van der Waals surface area contributed by atoms with Crippen LogP contribution in [0, 0.1) is 5.21 Å². The molecule has 1 atom stereocenters. The molecule has 0 saturated carbocycles. The van der Waals surface area contributed by atoms with Crippen LogP contribution in [0.2, 0.25) is 0 Å². The van der Waals surface area contributed by atoms with Crippen LogP contribution in [0.4, 0.5) is 0 Å². The third-order valence-electron chi connectivity index (χ3n) is 1.31. The van der Waals surface area contributed by atoms with Gasteiger partial charge in [-0.1, -0.05) is 0 Å². The highest BCUT2D eigenvalue weighted by molar-refractivity contribution is 4.66. The second-order valence-corrected chi connectivity index (χ2v) is 2.08. The molecule has 1 saturated heterocycles. The maximum Gasteiger partial charge on any atom is 0.111 e. The third-order valence-corrected chi connectivity index (χ3v) is 1.31. The number of rotatable bonds is 1. The molecule has 1 fully saturated rings. The van der Waals surface area contributed by atoms with Gasteiger partial charge in [0.1, 0.15) is 6.23 Å². The highest BCUT2D eigenvalue weighted by atomic mass is 16.6. The lowest BCUT2D eigenvalue weighted by atomic mass is 10.4. The maximum atomic E-state index is 10.6. The molecule has 1 N–H and O–H groups in total. The van der Waals surface area contributed by atoms with Gasteiger partial charge in [0.15, 0.2) is 0 Å². The second kappa shape index (κ2) is 3.12. The zero-order chi connectivity index (χ0) is 6.69. The molecule has 0 aromatic rings. The van der Waals surface area contributed by atoms with E-state index in [1.807, 2.05) is 0 Å². The molecule has 4 nitrogen and oxygen atoms in total. The van der Waals surface area contributed by atoms with Crippen LogP contribution in [-0.4, -0.2) is 38.0 Å². The van der Waals surface area contributed by atoms with Crippen molar-refractivity contribution in [3.63, 3.8) is 0 Å². The molecule has 54 valence electrons. The maximum absolute atomic E-state index is 10.6. The number of ether oxygens (including phenoxy) is 1. The smallest absolute Gasteiger partial charge is 0.111 e. The number of hydrogen-bond acceptors (Lipinski definition) is 4. The Kier molecular flexibility index (Phi) is 2.41. The van der Waals surface area contributed by atoms with Gasteiger partial charge in [-0.15, -0.1) is 0 Å². The lowest BCUT2D eigenvalue weighted by molar-refractivity contribution is -0.0443. The summed E-state index contributed by atoms with van der Waals surface area (Å²) in [5, 5.41) is 14.4. The molecule has 0 amide bonds. The molecule has 1 heterocycles. The van der Waals surface area contributed by atoms with Crippen LogP contribution in [0.1, 0.15) is 0 Å². The van der Waals surface area contributed by atoms with Crippen molar-refractivity contribution in [3.05, 3.63) is 5.21 Å². The van der Waals surface area contributed by atoms with Crippen molar-refractivity contribution in [2.45, 2.75) is 6.23 Å². The molecule has 1 rings (SSSR count). The van der Waals surface area contributed by atoms with Crippen LogP contribution in [-0.2, 0) is 4.74 Å². The van der Waals surface area contributed by atoms with Crippen LogP contribution in [0.15, 0.2) is 0 Å². The number of likely N-dealkylation sites (N-methyl/N-ethyl adjacent to an activating group) is 1. The molecule has 0 aromatic heterocycles. The fraction of sp³-hybridized carbons (Fsp3) is 1.00. The van der Waals surface area contributed by atoms with Gasteiger partial charge >= 0.3 is 0 Å². The Bertz CT molecular complexity index is 81.0. The lowest BCUT2D eigenvalue weighted by Crippen LogP contribution is -2.45. The summed E-state index contributed by atoms with van der Waals surface area (Å²) in [5.41, 5.74) is 0. The van der Waals surface area contributed by atoms with Gasteiger partial charge < -0.3 is 20.3 Å². The average Bonchev–Trinajstić information content (AvgIpc) is 1.90. The normalized spacial score (nSPS) is 29.0. The van der Waals surface area contributed by atoms with E-state index in [1.54, 1.807) is 0 Å². The Balaban J connectivity index is 2.23. The van der Waals surface area contributed by atoms with Gasteiger partial charge in [0.25, 0.3) is 0 Å². The van der Waals surface area contributed by atoms with E-state index in [0.717, 1.165) is 11.6 Å². The molecule has 1 unspecified atom stereocenters. The first kappa shape index (κ1) is 6.95. The number of hydrogen-bond donors (Lipinski definition) is 1. The summed E-state index contributed by atoms with van der Waals surface area (Å²) in [6, 6.07) is 0. The molecular formula is C5H11N2O2-. The third kappa shape index (κ3) is 1.91. The topological polar surface area (TPSA) is 47.6 Å². The first-order valence-corrected chi connectivity index (χ1v) is 3.03. The Hall–Kier alpha value is -0.160. The zero-order valence-corrected chi connectivity index (χ0v) is 5.46. The molecule has 0 radical (unpaired) electrons. The molecule has 9 heavy (non-hydrogen) atoms. The number of nitrogens with zero attached hydrogens (tertiary/aromatic N) is 1. The largest absolute Gasteiger partial charge is 0.783 e. The van der Waals surface area contributed by atoms with E-state index in [4.69, 9.17) is 4.74 Å². The van der Waals surface area contributed by atoms with E-state index in [1.165, 1.54) is 7.05 Å². The van der Waals surface area contributed by atoms with Gasteiger partial charge in [0.05, 0.1) is 6.61 Å². The second-order valence-electron chi connectivity index (χ2n) is 2.08. The van der Waals surface area contributed by atoms with Crippen molar-refractivity contribution >= 4 is 0 Å². The predicted octanol–water partition coefficient (Wildman–Crippen LogP) is -0.638. The van der Waals surface area contributed by atoms with Crippen LogP contribution < -0.4 is 5.32 Å². The fourth-order valence-corrected chi connectivity index (χ4v) is 0.785. The fourth-order valence-electron chi connectivity index (χ4n) is 0.785. The quantitative estimate of drug-likeness (QED) is 0.481. The van der Waals surface area contributed by atoms with Gasteiger partial charge in [-0.3, -0.25) is 0 Å². The molecule has 1 aliphatic rings. The minimum atomic E-state index is -0.279. The summed E-state index contributed by atoms with van der Waals surface area (Å²) < 4.78 is 5.09. The van der Waals surface area contributed by atoms with Gasteiger partial charge in [-0.25, -0.2) is 0 Å². The number of morpholine rings is 1. The highest BCUT2D eigenvalue weighted by Gasteiger charge is 2.10. The summed E-state index contributed by atoms with van der Waals surface area (Å²) in [7, 11) is 1.47. The molecular weight excluding hydrogens is 120 g/mol. The molecule has 0 aliphatic carbocycles. The Morgan fingerprint density at radius 2 is 2.56 bits per heavy atom. The lowest BCUT2D eigenvalue weighted by Gasteiger charge is -2.35. The van der Waals surface area contributed by atoms with E-state index in [-0.39, 0.29) is 6.23 Å².